The first kappa shape index (κ1) is 20.6. The predicted molar refractivity (Wildman–Crippen MR) is 107 cm³/mol. The van der Waals surface area contributed by atoms with Crippen LogP contribution in [-0.4, -0.2) is 67.1 Å². The van der Waals surface area contributed by atoms with Crippen molar-refractivity contribution in [3.8, 4) is 5.75 Å². The zero-order valence-electron chi connectivity index (χ0n) is 16.8. The van der Waals surface area contributed by atoms with Crippen LogP contribution in [0.3, 0.4) is 0 Å². The van der Waals surface area contributed by atoms with Gasteiger partial charge in [-0.3, -0.25) is 9.59 Å². The van der Waals surface area contributed by atoms with Gasteiger partial charge in [0.05, 0.1) is 0 Å². The van der Waals surface area contributed by atoms with Gasteiger partial charge in [-0.1, -0.05) is 18.2 Å². The maximum absolute atomic E-state index is 12.9. The Kier molecular flexibility index (Phi) is 7.71. The van der Waals surface area contributed by atoms with Crippen molar-refractivity contribution in [3.05, 3.63) is 30.3 Å². The van der Waals surface area contributed by atoms with E-state index in [1.54, 1.807) is 0 Å². The number of piperidine rings is 2. The number of carbonyl (C=O) groups excluding carboxylic acids is 2. The molecule has 0 N–H and O–H groups in total. The predicted octanol–water partition coefficient (Wildman–Crippen LogP) is 2.72. The van der Waals surface area contributed by atoms with Gasteiger partial charge in [0, 0.05) is 51.5 Å². The Morgan fingerprint density at radius 3 is 2.46 bits per heavy atom. The van der Waals surface area contributed by atoms with E-state index in [1.165, 1.54) is 6.42 Å². The highest BCUT2D eigenvalue weighted by Crippen LogP contribution is 2.27. The summed E-state index contributed by atoms with van der Waals surface area (Å²) >= 11 is 0. The molecule has 2 aliphatic heterocycles. The molecule has 154 valence electrons. The zero-order chi connectivity index (χ0) is 19.8. The molecule has 2 heterocycles. The van der Waals surface area contributed by atoms with Gasteiger partial charge in [0.15, 0.2) is 0 Å². The molecule has 0 radical (unpaired) electrons. The zero-order valence-corrected chi connectivity index (χ0v) is 16.8. The Hall–Kier alpha value is -2.08. The van der Waals surface area contributed by atoms with E-state index in [9.17, 15) is 9.59 Å². The summed E-state index contributed by atoms with van der Waals surface area (Å²) < 4.78 is 11.5. The summed E-state index contributed by atoms with van der Waals surface area (Å²) in [4.78, 5) is 29.1. The number of hydrogen-bond acceptors (Lipinski definition) is 4. The highest BCUT2D eigenvalue weighted by molar-refractivity contribution is 5.78. The normalized spacial score (nSPS) is 22.8. The van der Waals surface area contributed by atoms with Gasteiger partial charge in [0.1, 0.15) is 18.5 Å². The SMILES string of the molecule is CCOCC(=O)N1CC[C@H](Oc2ccccc2)[C@@H](CC(=O)N2CCCCC2)C1. The molecule has 0 spiro atoms. The molecule has 6 nitrogen and oxygen atoms in total. The van der Waals surface area contributed by atoms with Gasteiger partial charge in [-0.15, -0.1) is 0 Å². The molecular formula is C22H32N2O4. The van der Waals surface area contributed by atoms with Crippen LogP contribution in [0.4, 0.5) is 0 Å². The Morgan fingerprint density at radius 2 is 1.75 bits per heavy atom. The first-order valence-corrected chi connectivity index (χ1v) is 10.5. The molecule has 2 saturated heterocycles. The summed E-state index contributed by atoms with van der Waals surface area (Å²) in [6, 6.07) is 9.74. The Labute approximate surface area is 167 Å². The van der Waals surface area contributed by atoms with Crippen LogP contribution in [0.2, 0.25) is 0 Å². The van der Waals surface area contributed by atoms with Gasteiger partial charge in [0.2, 0.25) is 11.8 Å². The fourth-order valence-electron chi connectivity index (χ4n) is 4.04. The molecule has 2 aliphatic rings. The van der Waals surface area contributed by atoms with Crippen molar-refractivity contribution in [1.82, 2.24) is 9.80 Å². The van der Waals surface area contributed by atoms with E-state index in [2.05, 4.69) is 0 Å². The van der Waals surface area contributed by atoms with Gasteiger partial charge >= 0.3 is 0 Å². The Balaban J connectivity index is 1.65. The standard InChI is InChI=1S/C22H32N2O4/c1-2-27-17-22(26)24-14-11-20(28-19-9-5-3-6-10-19)18(16-24)15-21(25)23-12-7-4-8-13-23/h3,5-6,9-10,18,20H,2,4,7-8,11-17H2,1H3/t18-,20-/m0/s1. The molecule has 1 aromatic carbocycles. The smallest absolute Gasteiger partial charge is 0.248 e. The number of hydrogen-bond donors (Lipinski definition) is 0. The van der Waals surface area contributed by atoms with Crippen LogP contribution >= 0.6 is 0 Å². The van der Waals surface area contributed by atoms with E-state index < -0.39 is 0 Å². The second-order valence-electron chi connectivity index (χ2n) is 7.64. The molecule has 2 fully saturated rings. The molecule has 0 aliphatic carbocycles. The van der Waals surface area contributed by atoms with Crippen molar-refractivity contribution in [3.63, 3.8) is 0 Å². The third-order valence-electron chi connectivity index (χ3n) is 5.62. The number of nitrogens with zero attached hydrogens (tertiary/aromatic N) is 2. The lowest BCUT2D eigenvalue weighted by Gasteiger charge is -2.39. The van der Waals surface area contributed by atoms with Crippen molar-refractivity contribution in [1.29, 1.82) is 0 Å². The molecule has 0 bridgehead atoms. The van der Waals surface area contributed by atoms with Crippen LogP contribution in [-0.2, 0) is 14.3 Å². The topological polar surface area (TPSA) is 59.1 Å². The molecule has 3 rings (SSSR count). The van der Waals surface area contributed by atoms with Gasteiger partial charge in [-0.25, -0.2) is 0 Å². The van der Waals surface area contributed by atoms with Gasteiger partial charge in [0.25, 0.3) is 0 Å². The molecule has 0 saturated carbocycles. The third-order valence-corrected chi connectivity index (χ3v) is 5.62. The molecule has 2 amide bonds. The molecule has 2 atom stereocenters. The number of ether oxygens (including phenoxy) is 2. The summed E-state index contributed by atoms with van der Waals surface area (Å²) in [5.74, 6) is 0.992. The highest BCUT2D eigenvalue weighted by Gasteiger charge is 2.35. The monoisotopic (exact) mass is 388 g/mol. The van der Waals surface area contributed by atoms with E-state index in [0.29, 0.717) is 26.1 Å². The first-order valence-electron chi connectivity index (χ1n) is 10.5. The van der Waals surface area contributed by atoms with Crippen LogP contribution < -0.4 is 4.74 Å². The number of amides is 2. The average molecular weight is 389 g/mol. The van der Waals surface area contributed by atoms with E-state index in [4.69, 9.17) is 9.47 Å². The van der Waals surface area contributed by atoms with Crippen LogP contribution in [0.1, 0.15) is 39.0 Å². The minimum Gasteiger partial charge on any atom is -0.490 e. The van der Waals surface area contributed by atoms with Crippen LogP contribution in [0.5, 0.6) is 5.75 Å². The lowest BCUT2D eigenvalue weighted by atomic mass is 9.90. The lowest BCUT2D eigenvalue weighted by Crippen LogP contribution is -2.50. The Bertz CT molecular complexity index is 631. The van der Waals surface area contributed by atoms with Crippen LogP contribution in [0.15, 0.2) is 30.3 Å². The third kappa shape index (κ3) is 5.71. The van der Waals surface area contributed by atoms with Crippen molar-refractivity contribution in [2.75, 3.05) is 39.4 Å². The maximum atomic E-state index is 12.9. The second-order valence-corrected chi connectivity index (χ2v) is 7.64. The summed E-state index contributed by atoms with van der Waals surface area (Å²) in [6.45, 7) is 5.39. The van der Waals surface area contributed by atoms with E-state index in [0.717, 1.165) is 38.1 Å². The van der Waals surface area contributed by atoms with Crippen molar-refractivity contribution < 1.29 is 19.1 Å². The van der Waals surface area contributed by atoms with Crippen LogP contribution in [0, 0.1) is 5.92 Å². The molecule has 0 aromatic heterocycles. The fraction of sp³-hybridized carbons (Fsp3) is 0.636. The van der Waals surface area contributed by atoms with Gasteiger partial charge in [-0.2, -0.15) is 0 Å². The van der Waals surface area contributed by atoms with E-state index in [1.807, 2.05) is 47.1 Å². The molecule has 28 heavy (non-hydrogen) atoms. The van der Waals surface area contributed by atoms with E-state index >= 15 is 0 Å². The van der Waals surface area contributed by atoms with Gasteiger partial charge in [-0.05, 0) is 38.3 Å². The van der Waals surface area contributed by atoms with Crippen molar-refractivity contribution in [2.24, 2.45) is 5.92 Å². The molecular weight excluding hydrogens is 356 g/mol. The summed E-state index contributed by atoms with van der Waals surface area (Å²) in [7, 11) is 0. The minimum atomic E-state index is -0.0627. The summed E-state index contributed by atoms with van der Waals surface area (Å²) in [5.41, 5.74) is 0. The Morgan fingerprint density at radius 1 is 1.00 bits per heavy atom. The quantitative estimate of drug-likeness (QED) is 0.721. The van der Waals surface area contributed by atoms with E-state index in [-0.39, 0.29) is 30.4 Å². The number of rotatable bonds is 7. The van der Waals surface area contributed by atoms with Crippen molar-refractivity contribution in [2.45, 2.75) is 45.1 Å². The lowest BCUT2D eigenvalue weighted by molar-refractivity contribution is -0.142. The number of benzene rings is 1. The average Bonchev–Trinajstić information content (AvgIpc) is 2.74. The number of para-hydroxylation sites is 1. The van der Waals surface area contributed by atoms with Crippen LogP contribution in [0.25, 0.3) is 0 Å². The fourth-order valence-corrected chi connectivity index (χ4v) is 4.04. The first-order chi connectivity index (χ1) is 13.7. The molecule has 0 unspecified atom stereocenters. The highest BCUT2D eigenvalue weighted by atomic mass is 16.5. The molecule has 1 aromatic rings. The summed E-state index contributed by atoms with van der Waals surface area (Å²) in [6.07, 6.45) is 4.46. The number of likely N-dealkylation sites (tertiary alicyclic amines) is 2. The largest absolute Gasteiger partial charge is 0.490 e. The maximum Gasteiger partial charge on any atom is 0.248 e. The summed E-state index contributed by atoms with van der Waals surface area (Å²) in [5, 5.41) is 0. The second kappa shape index (κ2) is 10.5. The minimum absolute atomic E-state index is 0.00423. The van der Waals surface area contributed by atoms with Gasteiger partial charge < -0.3 is 19.3 Å². The molecule has 6 heteroatoms. The number of carbonyl (C=O) groups is 2. The van der Waals surface area contributed by atoms with Crippen molar-refractivity contribution >= 4 is 11.8 Å².